The number of nitrogens with zero attached hydrogens (tertiary/aromatic N) is 2. The lowest BCUT2D eigenvalue weighted by Gasteiger charge is -2.33. The van der Waals surface area contributed by atoms with Crippen molar-refractivity contribution in [3.63, 3.8) is 0 Å². The molecule has 1 amide bonds. The lowest BCUT2D eigenvalue weighted by atomic mass is 9.95. The molecule has 152 valence electrons. The fourth-order valence-corrected chi connectivity index (χ4v) is 5.52. The van der Waals surface area contributed by atoms with Crippen LogP contribution in [0.15, 0.2) is 64.2 Å². The van der Waals surface area contributed by atoms with Gasteiger partial charge in [0.15, 0.2) is 5.82 Å². The van der Waals surface area contributed by atoms with E-state index >= 15 is 0 Å². The number of anilines is 1. The van der Waals surface area contributed by atoms with Gasteiger partial charge in [0, 0.05) is 12.1 Å². The molecule has 4 rings (SSSR count). The third kappa shape index (κ3) is 4.33. The highest BCUT2D eigenvalue weighted by molar-refractivity contribution is 7.89. The summed E-state index contributed by atoms with van der Waals surface area (Å²) in [5, 5.41) is 8.07. The van der Waals surface area contributed by atoms with Crippen LogP contribution < -0.4 is 5.32 Å². The van der Waals surface area contributed by atoms with E-state index in [1.54, 1.807) is 18.2 Å². The van der Waals surface area contributed by atoms with Gasteiger partial charge in [-0.3, -0.25) is 4.79 Å². The molecule has 0 radical (unpaired) electrons. The summed E-state index contributed by atoms with van der Waals surface area (Å²) in [6.45, 7) is -0.257. The molecule has 0 atom stereocenters. The average molecular weight is 413 g/mol. The number of carbonyl (C=O) groups is 1. The highest BCUT2D eigenvalue weighted by Gasteiger charge is 2.34. The van der Waals surface area contributed by atoms with Crippen LogP contribution in [0, 0.1) is 0 Å². The summed E-state index contributed by atoms with van der Waals surface area (Å²) in [7, 11) is -3.84. The van der Waals surface area contributed by atoms with E-state index in [-0.39, 0.29) is 23.3 Å². The molecular weight excluding hydrogens is 390 g/mol. The van der Waals surface area contributed by atoms with Crippen molar-refractivity contribution in [2.75, 3.05) is 11.9 Å². The zero-order valence-electron chi connectivity index (χ0n) is 16.0. The molecule has 1 aliphatic rings. The SMILES string of the molecule is O=C(CN(C1CCCCC1)S(=O)(=O)c1ccc2ccccc2c1)Nc1ccon1. The lowest BCUT2D eigenvalue weighted by Crippen LogP contribution is -2.45. The van der Waals surface area contributed by atoms with E-state index in [1.807, 2.05) is 24.3 Å². The van der Waals surface area contributed by atoms with E-state index in [4.69, 9.17) is 4.52 Å². The van der Waals surface area contributed by atoms with E-state index in [9.17, 15) is 13.2 Å². The van der Waals surface area contributed by atoms with E-state index in [0.717, 1.165) is 42.9 Å². The van der Waals surface area contributed by atoms with Crippen molar-refractivity contribution < 1.29 is 17.7 Å². The Morgan fingerprint density at radius 2 is 1.83 bits per heavy atom. The summed E-state index contributed by atoms with van der Waals surface area (Å²) in [6, 6.07) is 14.0. The van der Waals surface area contributed by atoms with E-state index in [1.165, 1.54) is 16.6 Å². The number of aromatic nitrogens is 1. The normalized spacial score (nSPS) is 15.6. The molecule has 0 saturated heterocycles. The molecule has 1 saturated carbocycles. The number of hydrogen-bond acceptors (Lipinski definition) is 5. The molecule has 8 heteroatoms. The van der Waals surface area contributed by atoms with Crippen LogP contribution in [0.2, 0.25) is 0 Å². The van der Waals surface area contributed by atoms with Crippen LogP contribution in [0.4, 0.5) is 5.82 Å². The van der Waals surface area contributed by atoms with Gasteiger partial charge >= 0.3 is 0 Å². The molecule has 1 aromatic heterocycles. The summed E-state index contributed by atoms with van der Waals surface area (Å²) in [4.78, 5) is 12.8. The first-order chi connectivity index (χ1) is 14.0. The first kappa shape index (κ1) is 19.6. The lowest BCUT2D eigenvalue weighted by molar-refractivity contribution is -0.116. The fourth-order valence-electron chi connectivity index (χ4n) is 3.84. The Labute approximate surface area is 169 Å². The van der Waals surface area contributed by atoms with Crippen molar-refractivity contribution in [2.45, 2.75) is 43.0 Å². The van der Waals surface area contributed by atoms with Crippen LogP contribution in [0.25, 0.3) is 10.8 Å². The van der Waals surface area contributed by atoms with Gasteiger partial charge in [-0.05, 0) is 35.7 Å². The molecule has 0 spiro atoms. The van der Waals surface area contributed by atoms with Crippen LogP contribution in [0.1, 0.15) is 32.1 Å². The molecule has 1 N–H and O–H groups in total. The third-order valence-corrected chi connectivity index (χ3v) is 7.21. The minimum atomic E-state index is -3.84. The van der Waals surface area contributed by atoms with Crippen LogP contribution in [-0.4, -0.2) is 36.4 Å². The molecule has 2 aromatic carbocycles. The standard InChI is InChI=1S/C21H23N3O4S/c25-21(22-20-12-13-28-23-20)15-24(18-8-2-1-3-9-18)29(26,27)19-11-10-16-6-4-5-7-17(16)14-19/h4-7,10-14,18H,1-3,8-9,15H2,(H,22,23,25). The Balaban J connectivity index is 1.65. The molecule has 3 aromatic rings. The number of rotatable bonds is 6. The van der Waals surface area contributed by atoms with Gasteiger partial charge < -0.3 is 9.84 Å². The van der Waals surface area contributed by atoms with Crippen LogP contribution in [0.5, 0.6) is 0 Å². The third-order valence-electron chi connectivity index (χ3n) is 5.31. The number of amides is 1. The molecule has 0 bridgehead atoms. The largest absolute Gasteiger partial charge is 0.363 e. The van der Waals surface area contributed by atoms with E-state index in [2.05, 4.69) is 10.5 Å². The summed E-state index contributed by atoms with van der Waals surface area (Å²) in [6.07, 6.45) is 5.86. The number of carbonyl (C=O) groups excluding carboxylic acids is 1. The number of benzene rings is 2. The van der Waals surface area contributed by atoms with E-state index in [0.29, 0.717) is 0 Å². The quantitative estimate of drug-likeness (QED) is 0.664. The smallest absolute Gasteiger partial charge is 0.243 e. The molecule has 1 heterocycles. The Kier molecular flexibility index (Phi) is 5.64. The van der Waals surface area contributed by atoms with Crippen LogP contribution in [0.3, 0.4) is 0 Å². The molecule has 1 fully saturated rings. The van der Waals surface area contributed by atoms with Crippen molar-refractivity contribution in [3.05, 3.63) is 54.8 Å². The predicted molar refractivity (Wildman–Crippen MR) is 110 cm³/mol. The number of hydrogen-bond donors (Lipinski definition) is 1. The summed E-state index contributed by atoms with van der Waals surface area (Å²) in [5.74, 6) is -0.171. The van der Waals surface area contributed by atoms with Gasteiger partial charge in [-0.25, -0.2) is 8.42 Å². The maximum Gasteiger partial charge on any atom is 0.243 e. The summed E-state index contributed by atoms with van der Waals surface area (Å²) in [5.41, 5.74) is 0. The van der Waals surface area contributed by atoms with Gasteiger partial charge in [-0.15, -0.1) is 0 Å². The number of nitrogens with one attached hydrogen (secondary N) is 1. The second kappa shape index (κ2) is 8.34. The maximum absolute atomic E-state index is 13.5. The Bertz CT molecular complexity index is 1090. The topological polar surface area (TPSA) is 92.5 Å². The first-order valence-corrected chi connectivity index (χ1v) is 11.2. The van der Waals surface area contributed by atoms with Gasteiger partial charge in [0.05, 0.1) is 11.4 Å². The van der Waals surface area contributed by atoms with Gasteiger partial charge in [0.1, 0.15) is 6.26 Å². The Morgan fingerprint density at radius 1 is 1.07 bits per heavy atom. The minimum Gasteiger partial charge on any atom is -0.363 e. The van der Waals surface area contributed by atoms with Gasteiger partial charge in [0.2, 0.25) is 15.9 Å². The second-order valence-electron chi connectivity index (χ2n) is 7.28. The zero-order chi connectivity index (χ0) is 20.3. The Morgan fingerprint density at radius 3 is 2.55 bits per heavy atom. The van der Waals surface area contributed by atoms with Crippen molar-refractivity contribution in [1.29, 1.82) is 0 Å². The number of sulfonamides is 1. The molecular formula is C21H23N3O4S. The van der Waals surface area contributed by atoms with Crippen LogP contribution in [-0.2, 0) is 14.8 Å². The van der Waals surface area contributed by atoms with Gasteiger partial charge in [0.25, 0.3) is 0 Å². The molecule has 0 aliphatic heterocycles. The summed E-state index contributed by atoms with van der Waals surface area (Å²) < 4.78 is 33.1. The van der Waals surface area contributed by atoms with Gasteiger partial charge in [-0.1, -0.05) is 54.8 Å². The van der Waals surface area contributed by atoms with E-state index < -0.39 is 15.9 Å². The van der Waals surface area contributed by atoms with Crippen molar-refractivity contribution in [1.82, 2.24) is 9.46 Å². The molecule has 29 heavy (non-hydrogen) atoms. The minimum absolute atomic E-state index is 0.191. The fraction of sp³-hybridized carbons (Fsp3) is 0.333. The summed E-state index contributed by atoms with van der Waals surface area (Å²) >= 11 is 0. The van der Waals surface area contributed by atoms with Crippen molar-refractivity contribution >= 4 is 32.5 Å². The molecule has 0 unspecified atom stereocenters. The highest BCUT2D eigenvalue weighted by atomic mass is 32.2. The van der Waals surface area contributed by atoms with Crippen LogP contribution >= 0.6 is 0 Å². The maximum atomic E-state index is 13.5. The molecule has 1 aliphatic carbocycles. The van der Waals surface area contributed by atoms with Crippen molar-refractivity contribution in [3.8, 4) is 0 Å². The Hall–Kier alpha value is -2.71. The number of fused-ring (bicyclic) bond motifs is 1. The predicted octanol–water partition coefficient (Wildman–Crippen LogP) is 3.79. The van der Waals surface area contributed by atoms with Crippen molar-refractivity contribution in [2.24, 2.45) is 0 Å². The average Bonchev–Trinajstić information content (AvgIpc) is 3.25. The van der Waals surface area contributed by atoms with Gasteiger partial charge in [-0.2, -0.15) is 4.31 Å². The highest BCUT2D eigenvalue weighted by Crippen LogP contribution is 2.29. The molecule has 7 nitrogen and oxygen atoms in total. The zero-order valence-corrected chi connectivity index (χ0v) is 16.8. The monoisotopic (exact) mass is 413 g/mol. The second-order valence-corrected chi connectivity index (χ2v) is 9.17. The first-order valence-electron chi connectivity index (χ1n) is 9.75.